The fourth-order valence-electron chi connectivity index (χ4n) is 5.54. The zero-order chi connectivity index (χ0) is 28.2. The summed E-state index contributed by atoms with van der Waals surface area (Å²) in [5.74, 6) is 0.752. The van der Waals surface area contributed by atoms with Crippen LogP contribution in [0.4, 0.5) is 0 Å². The summed E-state index contributed by atoms with van der Waals surface area (Å²) < 4.78 is 0. The van der Waals surface area contributed by atoms with Gasteiger partial charge in [-0.1, -0.05) is 154 Å². The van der Waals surface area contributed by atoms with Gasteiger partial charge in [0.15, 0.2) is 0 Å². The molecule has 0 fully saturated rings. The number of alkyl halides is 1. The van der Waals surface area contributed by atoms with Gasteiger partial charge in [-0.15, -0.1) is 11.6 Å². The molecular formula is C37H51Cl. The summed E-state index contributed by atoms with van der Waals surface area (Å²) in [5.41, 5.74) is 8.47. The summed E-state index contributed by atoms with van der Waals surface area (Å²) in [6.07, 6.45) is 5.73. The van der Waals surface area contributed by atoms with E-state index in [1.165, 1.54) is 52.6 Å². The number of hydrogen-bond donors (Lipinski definition) is 0. The third-order valence-electron chi connectivity index (χ3n) is 8.17. The lowest BCUT2D eigenvalue weighted by molar-refractivity contribution is 0.505. The fourth-order valence-corrected chi connectivity index (χ4v) is 5.72. The first-order chi connectivity index (χ1) is 17.7. The number of unbranched alkanes of at least 4 members (excludes halogenated alkanes) is 3. The minimum Gasteiger partial charge on any atom is -0.127 e. The highest BCUT2D eigenvalue weighted by Gasteiger charge is 2.36. The molecule has 0 heterocycles. The largest absolute Gasteiger partial charge is 0.127 e. The molecule has 3 rings (SSSR count). The average molecular weight is 531 g/mol. The van der Waals surface area contributed by atoms with Crippen LogP contribution in [0, 0.1) is 0 Å². The van der Waals surface area contributed by atoms with Crippen LogP contribution in [-0.4, -0.2) is 5.88 Å². The average Bonchev–Trinajstić information content (AvgIpc) is 2.85. The van der Waals surface area contributed by atoms with E-state index in [4.69, 9.17) is 11.6 Å². The molecule has 0 unspecified atom stereocenters. The van der Waals surface area contributed by atoms with Gasteiger partial charge in [0.05, 0.1) is 0 Å². The van der Waals surface area contributed by atoms with Crippen LogP contribution in [0.3, 0.4) is 0 Å². The van der Waals surface area contributed by atoms with Crippen molar-refractivity contribution in [1.29, 1.82) is 0 Å². The summed E-state index contributed by atoms with van der Waals surface area (Å²) in [6.45, 7) is 20.6. The van der Waals surface area contributed by atoms with Crippen molar-refractivity contribution in [3.63, 3.8) is 0 Å². The van der Waals surface area contributed by atoms with Gasteiger partial charge in [0.25, 0.3) is 0 Å². The lowest BCUT2D eigenvalue weighted by atomic mass is 9.65. The maximum absolute atomic E-state index is 6.01. The van der Waals surface area contributed by atoms with Crippen molar-refractivity contribution >= 4 is 11.6 Å². The maximum Gasteiger partial charge on any atom is 0.0451 e. The van der Waals surface area contributed by atoms with E-state index in [1.54, 1.807) is 0 Å². The fraction of sp³-hybridized carbons (Fsp3) is 0.514. The smallest absolute Gasteiger partial charge is 0.0451 e. The molecule has 38 heavy (non-hydrogen) atoms. The minimum atomic E-state index is -0.204. The van der Waals surface area contributed by atoms with Gasteiger partial charge in [0, 0.05) is 11.3 Å². The molecule has 0 aromatic heterocycles. The Morgan fingerprint density at radius 1 is 0.395 bits per heavy atom. The van der Waals surface area contributed by atoms with Crippen LogP contribution in [0.25, 0.3) is 0 Å². The van der Waals surface area contributed by atoms with E-state index in [9.17, 15) is 0 Å². The van der Waals surface area contributed by atoms with Gasteiger partial charge in [0.2, 0.25) is 0 Å². The monoisotopic (exact) mass is 530 g/mol. The second-order valence-electron chi connectivity index (χ2n) is 14.2. The van der Waals surface area contributed by atoms with Crippen molar-refractivity contribution in [3.05, 3.63) is 106 Å². The van der Waals surface area contributed by atoms with Gasteiger partial charge < -0.3 is 0 Å². The lowest BCUT2D eigenvalue weighted by Gasteiger charge is -2.37. The number of hydrogen-bond acceptors (Lipinski definition) is 0. The zero-order valence-electron chi connectivity index (χ0n) is 25.5. The predicted octanol–water partition coefficient (Wildman–Crippen LogP) is 11.1. The second-order valence-corrected chi connectivity index (χ2v) is 14.6. The Morgan fingerprint density at radius 2 is 0.658 bits per heavy atom. The van der Waals surface area contributed by atoms with Crippen molar-refractivity contribution in [2.45, 2.75) is 116 Å². The maximum atomic E-state index is 6.01. The Bertz CT molecular complexity index is 989. The van der Waals surface area contributed by atoms with Crippen LogP contribution in [0.15, 0.2) is 72.8 Å². The molecule has 0 bridgehead atoms. The molecule has 0 aliphatic carbocycles. The van der Waals surface area contributed by atoms with Crippen LogP contribution >= 0.6 is 11.6 Å². The quantitative estimate of drug-likeness (QED) is 0.146. The zero-order valence-corrected chi connectivity index (χ0v) is 26.3. The van der Waals surface area contributed by atoms with Crippen molar-refractivity contribution < 1.29 is 0 Å². The molecule has 3 aromatic carbocycles. The molecule has 3 aromatic rings. The van der Waals surface area contributed by atoms with Crippen LogP contribution in [0.2, 0.25) is 0 Å². The molecule has 0 aliphatic rings. The molecule has 0 spiro atoms. The van der Waals surface area contributed by atoms with E-state index in [-0.39, 0.29) is 21.7 Å². The summed E-state index contributed by atoms with van der Waals surface area (Å²) in [6, 6.07) is 28.5. The SMILES string of the molecule is CC(C)(C)c1ccc(C(CCCCCCCl)(c2ccc(C(C)(C)C)cc2)c2ccc(C(C)(C)C)cc2)cc1. The first-order valence-electron chi connectivity index (χ1n) is 14.6. The van der Waals surface area contributed by atoms with Gasteiger partial charge in [-0.3, -0.25) is 0 Å². The van der Waals surface area contributed by atoms with E-state index in [0.29, 0.717) is 0 Å². The van der Waals surface area contributed by atoms with Gasteiger partial charge in [-0.25, -0.2) is 0 Å². The topological polar surface area (TPSA) is 0 Å². The molecule has 0 radical (unpaired) electrons. The van der Waals surface area contributed by atoms with E-state index >= 15 is 0 Å². The van der Waals surface area contributed by atoms with E-state index in [2.05, 4.69) is 135 Å². The van der Waals surface area contributed by atoms with E-state index in [1.807, 2.05) is 0 Å². The molecule has 0 N–H and O–H groups in total. The highest BCUT2D eigenvalue weighted by molar-refractivity contribution is 6.17. The standard InChI is InChI=1S/C37H51Cl/c1-34(2,3)28-14-20-31(21-15-28)37(26-12-10-11-13-27-38,32-22-16-29(17-23-32)35(4,5)6)33-24-18-30(19-25-33)36(7,8)9/h14-25H,10-13,26-27H2,1-9H3. The van der Waals surface area contributed by atoms with Crippen molar-refractivity contribution in [2.24, 2.45) is 0 Å². The molecule has 1 heteroatoms. The van der Waals surface area contributed by atoms with Gasteiger partial charge >= 0.3 is 0 Å². The van der Waals surface area contributed by atoms with Crippen molar-refractivity contribution in [1.82, 2.24) is 0 Å². The molecule has 0 aliphatic heterocycles. The molecule has 0 nitrogen and oxygen atoms in total. The normalized spacial score (nSPS) is 13.1. The predicted molar refractivity (Wildman–Crippen MR) is 169 cm³/mol. The van der Waals surface area contributed by atoms with Crippen LogP contribution < -0.4 is 0 Å². The van der Waals surface area contributed by atoms with E-state index in [0.717, 1.165) is 18.7 Å². The minimum absolute atomic E-state index is 0.130. The van der Waals surface area contributed by atoms with Gasteiger partial charge in [0.1, 0.15) is 0 Å². The first-order valence-corrected chi connectivity index (χ1v) is 15.1. The Hall–Kier alpha value is -2.05. The Balaban J connectivity index is 2.23. The van der Waals surface area contributed by atoms with Gasteiger partial charge in [-0.2, -0.15) is 0 Å². The molecule has 206 valence electrons. The Labute approximate surface area is 239 Å². The summed E-state index contributed by atoms with van der Waals surface area (Å²) in [7, 11) is 0. The third-order valence-corrected chi connectivity index (χ3v) is 8.43. The Morgan fingerprint density at radius 3 is 0.921 bits per heavy atom. The molecule has 0 saturated heterocycles. The highest BCUT2D eigenvalue weighted by atomic mass is 35.5. The number of benzene rings is 3. The van der Waals surface area contributed by atoms with Crippen LogP contribution in [-0.2, 0) is 21.7 Å². The van der Waals surface area contributed by atoms with Crippen molar-refractivity contribution in [2.75, 3.05) is 5.88 Å². The molecule has 0 amide bonds. The lowest BCUT2D eigenvalue weighted by Crippen LogP contribution is -2.30. The van der Waals surface area contributed by atoms with Gasteiger partial charge in [-0.05, 0) is 62.5 Å². The summed E-state index contributed by atoms with van der Waals surface area (Å²) >= 11 is 6.01. The second kappa shape index (κ2) is 12.0. The molecule has 0 saturated carbocycles. The van der Waals surface area contributed by atoms with E-state index < -0.39 is 0 Å². The van der Waals surface area contributed by atoms with Crippen LogP contribution in [0.1, 0.15) is 128 Å². The molecule has 0 atom stereocenters. The molecular weight excluding hydrogens is 480 g/mol. The number of halogens is 1. The third kappa shape index (κ3) is 7.12. The summed E-state index contributed by atoms with van der Waals surface area (Å²) in [5, 5.41) is 0. The highest BCUT2D eigenvalue weighted by Crippen LogP contribution is 2.45. The first kappa shape index (κ1) is 30.5. The summed E-state index contributed by atoms with van der Waals surface area (Å²) in [4.78, 5) is 0. The Kier molecular flexibility index (Phi) is 9.63. The van der Waals surface area contributed by atoms with Crippen molar-refractivity contribution in [3.8, 4) is 0 Å². The van der Waals surface area contributed by atoms with Crippen LogP contribution in [0.5, 0.6) is 0 Å². The number of rotatable bonds is 9.